The summed E-state index contributed by atoms with van der Waals surface area (Å²) < 4.78 is 22.0. The Labute approximate surface area is 139 Å². The van der Waals surface area contributed by atoms with Gasteiger partial charge < -0.3 is 18.9 Å². The molecule has 0 unspecified atom stereocenters. The van der Waals surface area contributed by atoms with E-state index in [4.69, 9.17) is 18.9 Å². The Kier molecular flexibility index (Phi) is 7.09. The Morgan fingerprint density at radius 2 is 2.00 bits per heavy atom. The third-order valence-corrected chi connectivity index (χ3v) is 4.25. The molecule has 1 saturated heterocycles. The number of hydrogen-bond acceptors (Lipinski definition) is 4. The van der Waals surface area contributed by atoms with Crippen molar-refractivity contribution in [1.82, 2.24) is 0 Å². The van der Waals surface area contributed by atoms with Crippen molar-refractivity contribution in [2.45, 2.75) is 45.7 Å². The minimum Gasteiger partial charge on any atom is -0.497 e. The van der Waals surface area contributed by atoms with Crippen LogP contribution in [-0.4, -0.2) is 33.2 Å². The molecule has 0 amide bonds. The first-order valence-electron chi connectivity index (χ1n) is 8.19. The Hall–Kier alpha value is -1.36. The summed E-state index contributed by atoms with van der Waals surface area (Å²) in [5, 5.41) is 0. The highest BCUT2D eigenvalue weighted by Gasteiger charge is 2.32. The van der Waals surface area contributed by atoms with Gasteiger partial charge in [-0.05, 0) is 42.5 Å². The van der Waals surface area contributed by atoms with E-state index in [9.17, 15) is 0 Å². The van der Waals surface area contributed by atoms with Crippen molar-refractivity contribution in [3.05, 3.63) is 41.5 Å². The molecule has 0 saturated carbocycles. The van der Waals surface area contributed by atoms with Gasteiger partial charge in [0.1, 0.15) is 5.75 Å². The summed E-state index contributed by atoms with van der Waals surface area (Å²) in [6.07, 6.45) is 4.17. The highest BCUT2D eigenvalue weighted by molar-refractivity contribution is 5.26. The number of methoxy groups -OCH3 is 2. The third kappa shape index (κ3) is 5.34. The zero-order valence-electron chi connectivity index (χ0n) is 14.6. The quantitative estimate of drug-likeness (QED) is 0.537. The van der Waals surface area contributed by atoms with E-state index in [0.717, 1.165) is 24.2 Å². The van der Waals surface area contributed by atoms with Crippen LogP contribution in [0.15, 0.2) is 35.9 Å². The minimum atomic E-state index is -0.0651. The van der Waals surface area contributed by atoms with E-state index in [-0.39, 0.29) is 12.4 Å². The van der Waals surface area contributed by atoms with Crippen molar-refractivity contribution < 1.29 is 18.9 Å². The molecule has 23 heavy (non-hydrogen) atoms. The minimum absolute atomic E-state index is 0.0651. The first kappa shape index (κ1) is 18.0. The second-order valence-electron chi connectivity index (χ2n) is 6.07. The smallest absolute Gasteiger partial charge is 0.158 e. The fourth-order valence-corrected chi connectivity index (χ4v) is 2.89. The number of hydrogen-bond donors (Lipinski definition) is 0. The Bertz CT molecular complexity index is 495. The van der Waals surface area contributed by atoms with Crippen molar-refractivity contribution in [1.29, 1.82) is 0 Å². The van der Waals surface area contributed by atoms with Crippen LogP contribution in [0.1, 0.15) is 32.3 Å². The Morgan fingerprint density at radius 3 is 2.61 bits per heavy atom. The zero-order valence-corrected chi connectivity index (χ0v) is 14.6. The number of ether oxygens (including phenoxy) is 4. The highest BCUT2D eigenvalue weighted by atomic mass is 16.7. The lowest BCUT2D eigenvalue weighted by Crippen LogP contribution is -2.16. The van der Waals surface area contributed by atoms with Crippen LogP contribution in [0.5, 0.6) is 5.75 Å². The van der Waals surface area contributed by atoms with Crippen molar-refractivity contribution in [2.24, 2.45) is 5.92 Å². The van der Waals surface area contributed by atoms with Crippen molar-refractivity contribution in [3.63, 3.8) is 0 Å². The highest BCUT2D eigenvalue weighted by Crippen LogP contribution is 2.31. The lowest BCUT2D eigenvalue weighted by molar-refractivity contribution is -0.107. The largest absolute Gasteiger partial charge is 0.497 e. The molecule has 1 aliphatic heterocycles. The molecule has 1 aliphatic rings. The molecular weight excluding hydrogens is 292 g/mol. The van der Waals surface area contributed by atoms with Crippen LogP contribution in [0, 0.1) is 5.92 Å². The summed E-state index contributed by atoms with van der Waals surface area (Å²) >= 11 is 0. The summed E-state index contributed by atoms with van der Waals surface area (Å²) in [5.74, 6) is 1.36. The second kappa shape index (κ2) is 9.06. The van der Waals surface area contributed by atoms with Crippen molar-refractivity contribution >= 4 is 0 Å². The fourth-order valence-electron chi connectivity index (χ4n) is 2.89. The molecular formula is C19H28O4. The van der Waals surface area contributed by atoms with E-state index in [1.165, 1.54) is 5.57 Å². The van der Waals surface area contributed by atoms with Crippen LogP contribution in [-0.2, 0) is 20.8 Å². The first-order valence-corrected chi connectivity index (χ1v) is 8.19. The van der Waals surface area contributed by atoms with E-state index in [0.29, 0.717) is 19.1 Å². The molecule has 0 aromatic heterocycles. The van der Waals surface area contributed by atoms with Crippen molar-refractivity contribution in [3.8, 4) is 5.75 Å². The van der Waals surface area contributed by atoms with Gasteiger partial charge in [-0.25, -0.2) is 0 Å². The molecule has 0 spiro atoms. The van der Waals surface area contributed by atoms with Gasteiger partial charge in [0.15, 0.2) is 6.29 Å². The zero-order chi connectivity index (χ0) is 16.7. The van der Waals surface area contributed by atoms with E-state index in [1.807, 2.05) is 24.3 Å². The molecule has 1 heterocycles. The van der Waals surface area contributed by atoms with Crippen molar-refractivity contribution in [2.75, 3.05) is 20.8 Å². The molecule has 1 aromatic rings. The average molecular weight is 320 g/mol. The van der Waals surface area contributed by atoms with Gasteiger partial charge in [0.05, 0.1) is 26.4 Å². The maximum atomic E-state index is 5.89. The van der Waals surface area contributed by atoms with E-state index >= 15 is 0 Å². The van der Waals surface area contributed by atoms with Crippen LogP contribution in [0.25, 0.3) is 0 Å². The van der Waals surface area contributed by atoms with Gasteiger partial charge in [-0.1, -0.05) is 25.1 Å². The van der Waals surface area contributed by atoms with Gasteiger partial charge in [-0.15, -0.1) is 0 Å². The summed E-state index contributed by atoms with van der Waals surface area (Å²) in [5.41, 5.74) is 2.42. The molecule has 1 aromatic carbocycles. The van der Waals surface area contributed by atoms with Crippen LogP contribution in [0.2, 0.25) is 0 Å². The Morgan fingerprint density at radius 1 is 1.26 bits per heavy atom. The lowest BCUT2D eigenvalue weighted by atomic mass is 9.97. The van der Waals surface area contributed by atoms with Crippen LogP contribution < -0.4 is 4.74 Å². The number of benzene rings is 1. The first-order chi connectivity index (χ1) is 11.1. The molecule has 0 aliphatic carbocycles. The molecule has 2 rings (SSSR count). The number of rotatable bonds is 8. The summed E-state index contributed by atoms with van der Waals surface area (Å²) in [4.78, 5) is 0. The lowest BCUT2D eigenvalue weighted by Gasteiger charge is -2.16. The van der Waals surface area contributed by atoms with E-state index in [2.05, 4.69) is 19.9 Å². The van der Waals surface area contributed by atoms with E-state index in [1.54, 1.807) is 14.2 Å². The standard InChI is InChI=1S/C19H28O4/c1-14(19-15(2)12-18(21-4)23-19)6-5-11-22-13-16-7-9-17(20-3)10-8-16/h6-10,15,18-19H,5,11-13H2,1-4H3/b14-6+/t15-,18-,19+/m1/s1. The molecule has 3 atom stereocenters. The van der Waals surface area contributed by atoms with Gasteiger partial charge in [0, 0.05) is 13.5 Å². The topological polar surface area (TPSA) is 36.9 Å². The molecule has 4 heteroatoms. The van der Waals surface area contributed by atoms with Gasteiger partial charge in [-0.3, -0.25) is 0 Å². The van der Waals surface area contributed by atoms with Gasteiger partial charge in [-0.2, -0.15) is 0 Å². The van der Waals surface area contributed by atoms with Gasteiger partial charge in [0.25, 0.3) is 0 Å². The predicted molar refractivity (Wildman–Crippen MR) is 90.5 cm³/mol. The predicted octanol–water partition coefficient (Wildman–Crippen LogP) is 3.95. The van der Waals surface area contributed by atoms with Gasteiger partial charge in [0.2, 0.25) is 0 Å². The van der Waals surface area contributed by atoms with Crippen LogP contribution >= 0.6 is 0 Å². The van der Waals surface area contributed by atoms with Gasteiger partial charge >= 0.3 is 0 Å². The fraction of sp³-hybridized carbons (Fsp3) is 0.579. The monoisotopic (exact) mass is 320 g/mol. The summed E-state index contributed by atoms with van der Waals surface area (Å²) in [7, 11) is 3.37. The molecule has 0 bridgehead atoms. The normalized spacial score (nSPS) is 24.9. The summed E-state index contributed by atoms with van der Waals surface area (Å²) in [6, 6.07) is 7.96. The maximum absolute atomic E-state index is 5.89. The average Bonchev–Trinajstić information content (AvgIpc) is 2.96. The third-order valence-electron chi connectivity index (χ3n) is 4.25. The van der Waals surface area contributed by atoms with Crippen LogP contribution in [0.3, 0.4) is 0 Å². The Balaban J connectivity index is 1.69. The van der Waals surface area contributed by atoms with Crippen LogP contribution in [0.4, 0.5) is 0 Å². The molecule has 0 radical (unpaired) electrons. The second-order valence-corrected chi connectivity index (χ2v) is 6.07. The summed E-state index contributed by atoms with van der Waals surface area (Å²) in [6.45, 7) is 5.67. The SMILES string of the molecule is COc1ccc(COCC/C=C(\C)[C@@H]2O[C@@H](OC)C[C@H]2C)cc1. The molecule has 128 valence electrons. The maximum Gasteiger partial charge on any atom is 0.158 e. The van der Waals surface area contributed by atoms with E-state index < -0.39 is 0 Å². The molecule has 4 nitrogen and oxygen atoms in total. The molecule has 0 N–H and O–H groups in total. The molecule has 1 fully saturated rings.